The molecular formula is C10H24ClN3O2S. The lowest BCUT2D eigenvalue weighted by Crippen LogP contribution is -2.56. The largest absolute Gasteiger partial charge is 0.329 e. The van der Waals surface area contributed by atoms with E-state index in [0.29, 0.717) is 6.54 Å². The van der Waals surface area contributed by atoms with Gasteiger partial charge >= 0.3 is 0 Å². The van der Waals surface area contributed by atoms with Crippen LogP contribution in [0.5, 0.6) is 0 Å². The van der Waals surface area contributed by atoms with E-state index in [4.69, 9.17) is 5.73 Å². The van der Waals surface area contributed by atoms with Gasteiger partial charge in [-0.2, -0.15) is 17.4 Å². The summed E-state index contributed by atoms with van der Waals surface area (Å²) in [6.07, 6.45) is 2.98. The first-order valence-electron chi connectivity index (χ1n) is 5.79. The topological polar surface area (TPSA) is 75.4 Å². The number of hydrogen-bond acceptors (Lipinski definition) is 3. The summed E-state index contributed by atoms with van der Waals surface area (Å²) in [6.45, 7) is 6.43. The first-order valence-corrected chi connectivity index (χ1v) is 7.23. The van der Waals surface area contributed by atoms with Gasteiger partial charge in [-0.05, 0) is 33.6 Å². The summed E-state index contributed by atoms with van der Waals surface area (Å²) in [4.78, 5) is 0. The van der Waals surface area contributed by atoms with Crippen LogP contribution in [-0.4, -0.2) is 37.4 Å². The maximum Gasteiger partial charge on any atom is 0.280 e. The van der Waals surface area contributed by atoms with E-state index < -0.39 is 15.7 Å². The Morgan fingerprint density at radius 2 is 2.00 bits per heavy atom. The van der Waals surface area contributed by atoms with E-state index in [2.05, 4.69) is 4.72 Å². The van der Waals surface area contributed by atoms with Gasteiger partial charge in [-0.3, -0.25) is 0 Å². The zero-order valence-corrected chi connectivity index (χ0v) is 12.4. The van der Waals surface area contributed by atoms with Crippen LogP contribution in [0, 0.1) is 0 Å². The molecule has 0 bridgehead atoms. The van der Waals surface area contributed by atoms with Crippen LogP contribution < -0.4 is 10.5 Å². The van der Waals surface area contributed by atoms with Gasteiger partial charge in [-0.1, -0.05) is 6.42 Å². The Morgan fingerprint density at radius 1 is 1.41 bits per heavy atom. The summed E-state index contributed by atoms with van der Waals surface area (Å²) in [5, 5.41) is 0. The third-order valence-corrected chi connectivity index (χ3v) is 4.94. The lowest BCUT2D eigenvalue weighted by molar-refractivity contribution is 0.260. The summed E-state index contributed by atoms with van der Waals surface area (Å²) >= 11 is 0. The first kappa shape index (κ1) is 17.1. The molecule has 0 aromatic carbocycles. The molecule has 0 saturated carbocycles. The van der Waals surface area contributed by atoms with E-state index >= 15 is 0 Å². The quantitative estimate of drug-likeness (QED) is 0.804. The number of nitrogens with one attached hydrogen (secondary N) is 1. The number of nitrogens with zero attached hydrogens (tertiary/aromatic N) is 1. The average Bonchev–Trinajstić information content (AvgIpc) is 2.16. The molecule has 1 saturated heterocycles. The molecule has 1 rings (SSSR count). The monoisotopic (exact) mass is 285 g/mol. The number of rotatable bonds is 4. The molecule has 1 unspecified atom stereocenters. The molecule has 0 amide bonds. The van der Waals surface area contributed by atoms with Gasteiger partial charge in [0.25, 0.3) is 10.2 Å². The maximum absolute atomic E-state index is 12.1. The van der Waals surface area contributed by atoms with E-state index in [0.717, 1.165) is 19.3 Å². The molecule has 1 aliphatic rings. The molecule has 0 aromatic heterocycles. The van der Waals surface area contributed by atoms with Crippen molar-refractivity contribution in [3.63, 3.8) is 0 Å². The molecule has 0 aliphatic carbocycles. The van der Waals surface area contributed by atoms with Crippen LogP contribution in [0.3, 0.4) is 0 Å². The molecule has 1 aliphatic heterocycles. The van der Waals surface area contributed by atoms with Crippen molar-refractivity contribution < 1.29 is 8.42 Å². The molecule has 17 heavy (non-hydrogen) atoms. The Kier molecular flexibility index (Phi) is 6.38. The summed E-state index contributed by atoms with van der Waals surface area (Å²) < 4.78 is 28.5. The number of hydrogen-bond donors (Lipinski definition) is 2. The minimum atomic E-state index is -3.40. The second kappa shape index (κ2) is 6.33. The highest BCUT2D eigenvalue weighted by Crippen LogP contribution is 2.20. The van der Waals surface area contributed by atoms with E-state index in [1.165, 1.54) is 0 Å². The van der Waals surface area contributed by atoms with E-state index in [1.807, 2.05) is 6.92 Å². The van der Waals surface area contributed by atoms with Gasteiger partial charge in [-0.15, -0.1) is 12.4 Å². The van der Waals surface area contributed by atoms with Gasteiger partial charge in [0.1, 0.15) is 0 Å². The van der Waals surface area contributed by atoms with Crippen LogP contribution in [0.2, 0.25) is 0 Å². The highest BCUT2D eigenvalue weighted by atomic mass is 35.5. The maximum atomic E-state index is 12.1. The predicted molar refractivity (Wildman–Crippen MR) is 72.5 cm³/mol. The molecular weight excluding hydrogens is 262 g/mol. The Balaban J connectivity index is 0.00000256. The highest BCUT2D eigenvalue weighted by molar-refractivity contribution is 7.87. The van der Waals surface area contributed by atoms with Crippen LogP contribution in [0.1, 0.15) is 40.0 Å². The smallest absolute Gasteiger partial charge is 0.280 e. The summed E-state index contributed by atoms with van der Waals surface area (Å²) in [7, 11) is -3.40. The molecule has 1 heterocycles. The second-order valence-electron chi connectivity index (χ2n) is 5.15. The summed E-state index contributed by atoms with van der Waals surface area (Å²) in [5.41, 5.74) is 4.94. The Morgan fingerprint density at radius 3 is 2.47 bits per heavy atom. The first-order chi connectivity index (χ1) is 7.28. The summed E-state index contributed by atoms with van der Waals surface area (Å²) in [6, 6.07) is 0.0832. The molecule has 0 spiro atoms. The van der Waals surface area contributed by atoms with Crippen molar-refractivity contribution in [2.24, 2.45) is 5.73 Å². The van der Waals surface area contributed by atoms with Crippen molar-refractivity contribution in [2.75, 3.05) is 13.1 Å². The van der Waals surface area contributed by atoms with Crippen LogP contribution in [0.15, 0.2) is 0 Å². The fourth-order valence-corrected chi connectivity index (χ4v) is 3.73. The lowest BCUT2D eigenvalue weighted by Gasteiger charge is -2.35. The third-order valence-electron chi connectivity index (χ3n) is 2.97. The minimum Gasteiger partial charge on any atom is -0.329 e. The lowest BCUT2D eigenvalue weighted by atomic mass is 10.1. The van der Waals surface area contributed by atoms with Crippen LogP contribution in [0.25, 0.3) is 0 Å². The predicted octanol–water partition coefficient (Wildman–Crippen LogP) is 0.854. The van der Waals surface area contributed by atoms with Crippen molar-refractivity contribution in [2.45, 2.75) is 51.6 Å². The van der Waals surface area contributed by atoms with Crippen LogP contribution in [-0.2, 0) is 10.2 Å². The second-order valence-corrected chi connectivity index (χ2v) is 6.77. The SMILES string of the molecule is CC1CCCCN1S(=O)(=O)NC(C)(C)CN.Cl. The Hall–Kier alpha value is 0.120. The summed E-state index contributed by atoms with van der Waals surface area (Å²) in [5.74, 6) is 0. The van der Waals surface area contributed by atoms with Crippen molar-refractivity contribution in [1.82, 2.24) is 9.03 Å². The van der Waals surface area contributed by atoms with Crippen LogP contribution in [0.4, 0.5) is 0 Å². The number of halogens is 1. The molecule has 1 atom stereocenters. The van der Waals surface area contributed by atoms with Crippen molar-refractivity contribution >= 4 is 22.6 Å². The average molecular weight is 286 g/mol. The van der Waals surface area contributed by atoms with E-state index in [9.17, 15) is 8.42 Å². The van der Waals surface area contributed by atoms with Crippen molar-refractivity contribution in [3.05, 3.63) is 0 Å². The fraction of sp³-hybridized carbons (Fsp3) is 1.00. The zero-order chi connectivity index (χ0) is 12.4. The number of piperidine rings is 1. The van der Waals surface area contributed by atoms with E-state index in [1.54, 1.807) is 18.2 Å². The van der Waals surface area contributed by atoms with Gasteiger partial charge < -0.3 is 5.73 Å². The Labute approximate surface area is 111 Å². The Bertz CT molecular complexity index is 332. The molecule has 0 radical (unpaired) electrons. The molecule has 5 nitrogen and oxygen atoms in total. The van der Waals surface area contributed by atoms with Gasteiger partial charge in [0.2, 0.25) is 0 Å². The molecule has 1 fully saturated rings. The van der Waals surface area contributed by atoms with Crippen molar-refractivity contribution in [1.29, 1.82) is 0 Å². The fourth-order valence-electron chi connectivity index (χ4n) is 1.88. The molecule has 0 aromatic rings. The molecule has 104 valence electrons. The highest BCUT2D eigenvalue weighted by Gasteiger charge is 2.33. The number of nitrogens with two attached hydrogens (primary N) is 1. The molecule has 3 N–H and O–H groups in total. The van der Waals surface area contributed by atoms with E-state index in [-0.39, 0.29) is 25.0 Å². The zero-order valence-electron chi connectivity index (χ0n) is 10.8. The minimum absolute atomic E-state index is 0. The molecule has 7 heteroatoms. The van der Waals surface area contributed by atoms with Crippen LogP contribution >= 0.6 is 12.4 Å². The van der Waals surface area contributed by atoms with Gasteiger partial charge in [0.15, 0.2) is 0 Å². The van der Waals surface area contributed by atoms with Gasteiger partial charge in [0.05, 0.1) is 0 Å². The standard InChI is InChI=1S/C10H23N3O2S.ClH/c1-9-6-4-5-7-13(9)16(14,15)12-10(2,3)8-11;/h9,12H,4-8,11H2,1-3H3;1H. The van der Waals surface area contributed by atoms with Crippen molar-refractivity contribution in [3.8, 4) is 0 Å². The third kappa shape index (κ3) is 4.71. The normalized spacial score (nSPS) is 23.2. The van der Waals surface area contributed by atoms with Gasteiger partial charge in [0, 0.05) is 24.7 Å². The van der Waals surface area contributed by atoms with Gasteiger partial charge in [-0.25, -0.2) is 0 Å².